The molecule has 0 atom stereocenters. The molecule has 0 N–H and O–H groups in total. The number of hydrogen-bond donors (Lipinski definition) is 0. The minimum atomic E-state index is -2.10. The average molecular weight is 501 g/mol. The summed E-state index contributed by atoms with van der Waals surface area (Å²) in [5.74, 6) is 0. The lowest BCUT2D eigenvalue weighted by Gasteiger charge is -2.27. The predicted molar refractivity (Wildman–Crippen MR) is 150 cm³/mol. The van der Waals surface area contributed by atoms with E-state index < -0.39 is 6.89 Å². The van der Waals surface area contributed by atoms with Crippen molar-refractivity contribution in [3.05, 3.63) is 108 Å². The minimum Gasteiger partial charge on any atom is -0.144 e. The highest BCUT2D eigenvalue weighted by Gasteiger charge is 2.36. The van der Waals surface area contributed by atoms with Gasteiger partial charge in [0.25, 0.3) is 0 Å². The standard InChI is InChI=1S/C27H17PS4/c1-28(17-7-3-2-4-8-17)24(20-9-5-13-29-20)22-18-11-15-31-26(18)27-19(12-16-32-27)23(22)25(28)21-10-6-14-30-21/h2-16H,1H2. The summed E-state index contributed by atoms with van der Waals surface area (Å²) in [6.07, 6.45) is 5.17. The van der Waals surface area contributed by atoms with E-state index in [4.69, 9.17) is 6.30 Å². The Morgan fingerprint density at radius 1 is 0.531 bits per heavy atom. The second-order valence-corrected chi connectivity index (χ2v) is 14.6. The summed E-state index contributed by atoms with van der Waals surface area (Å²) in [6.45, 7) is -2.10. The monoisotopic (exact) mass is 500 g/mol. The SMILES string of the molecule is C=P1(c2ccccc2)C(c2cccs2)=c2c(c3ccsc3c3sccc23)=C1c1cccs1. The summed E-state index contributed by atoms with van der Waals surface area (Å²) >= 11 is 7.43. The van der Waals surface area contributed by atoms with Crippen molar-refractivity contribution in [2.45, 2.75) is 0 Å². The molecule has 7 rings (SSSR count). The van der Waals surface area contributed by atoms with Gasteiger partial charge < -0.3 is 0 Å². The highest BCUT2D eigenvalue weighted by atomic mass is 32.1. The van der Waals surface area contributed by atoms with Crippen molar-refractivity contribution in [1.82, 2.24) is 0 Å². The Labute approximate surface area is 202 Å². The Balaban J connectivity index is 1.86. The average Bonchev–Trinajstić information content (AvgIpc) is 3.63. The Morgan fingerprint density at radius 3 is 1.53 bits per heavy atom. The van der Waals surface area contributed by atoms with Crippen LogP contribution in [0.1, 0.15) is 9.75 Å². The zero-order valence-corrected chi connectivity index (χ0v) is 21.1. The van der Waals surface area contributed by atoms with Crippen LogP contribution >= 0.6 is 52.2 Å². The molecule has 0 nitrogen and oxygen atoms in total. The van der Waals surface area contributed by atoms with Gasteiger partial charge in [-0.2, -0.15) is 0 Å². The second kappa shape index (κ2) is 7.15. The van der Waals surface area contributed by atoms with E-state index in [1.54, 1.807) is 0 Å². The van der Waals surface area contributed by atoms with Crippen LogP contribution in [0.4, 0.5) is 0 Å². The first-order valence-electron chi connectivity index (χ1n) is 10.3. The molecular weight excluding hydrogens is 484 g/mol. The molecule has 0 radical (unpaired) electrons. The quantitative estimate of drug-likeness (QED) is 0.223. The summed E-state index contributed by atoms with van der Waals surface area (Å²) in [5, 5.41) is 18.8. The lowest BCUT2D eigenvalue weighted by atomic mass is 10.1. The molecule has 0 spiro atoms. The molecule has 154 valence electrons. The molecule has 5 heteroatoms. The highest BCUT2D eigenvalue weighted by Crippen LogP contribution is 2.67. The Kier molecular flexibility index (Phi) is 4.31. The van der Waals surface area contributed by atoms with Gasteiger partial charge in [0.1, 0.15) is 0 Å². The van der Waals surface area contributed by atoms with Crippen molar-refractivity contribution in [2.75, 3.05) is 0 Å². The molecule has 5 heterocycles. The smallest absolute Gasteiger partial charge is 0.0527 e. The maximum absolute atomic E-state index is 5.17. The molecule has 0 saturated heterocycles. The van der Waals surface area contributed by atoms with Gasteiger partial charge in [-0.15, -0.1) is 45.3 Å². The number of rotatable bonds is 3. The van der Waals surface area contributed by atoms with Crippen molar-refractivity contribution in [3.8, 4) is 0 Å². The third-order valence-corrected chi connectivity index (χ3v) is 14.0. The van der Waals surface area contributed by atoms with Gasteiger partial charge >= 0.3 is 0 Å². The molecule has 0 fully saturated rings. The predicted octanol–water partition coefficient (Wildman–Crippen LogP) is 7.34. The fourth-order valence-electron chi connectivity index (χ4n) is 5.01. The van der Waals surface area contributed by atoms with Crippen LogP contribution in [-0.4, -0.2) is 6.30 Å². The Bertz CT molecular complexity index is 1670. The normalized spacial score (nSPS) is 15.1. The van der Waals surface area contributed by atoms with E-state index in [0.717, 1.165) is 0 Å². The first-order valence-corrected chi connectivity index (χ1v) is 15.8. The summed E-state index contributed by atoms with van der Waals surface area (Å²) in [7, 11) is 0. The van der Waals surface area contributed by atoms with Gasteiger partial charge in [-0.05, 0) is 58.0 Å². The molecule has 32 heavy (non-hydrogen) atoms. The van der Waals surface area contributed by atoms with Crippen LogP contribution in [0.5, 0.6) is 0 Å². The molecule has 2 aromatic carbocycles. The zero-order chi connectivity index (χ0) is 21.3. The Hall–Kier alpha value is -2.20. The lowest BCUT2D eigenvalue weighted by Crippen LogP contribution is -2.25. The number of benzene rings is 2. The number of thiophene rings is 4. The third-order valence-electron chi connectivity index (χ3n) is 6.27. The van der Waals surface area contributed by atoms with Crippen LogP contribution in [0.3, 0.4) is 0 Å². The van der Waals surface area contributed by atoms with Crippen LogP contribution in [0.25, 0.3) is 30.8 Å². The molecular formula is C27H17PS4. The third kappa shape index (κ3) is 2.48. The first-order chi connectivity index (χ1) is 15.8. The van der Waals surface area contributed by atoms with Crippen LogP contribution < -0.4 is 15.7 Å². The van der Waals surface area contributed by atoms with Gasteiger partial charge in [0.15, 0.2) is 0 Å². The maximum atomic E-state index is 5.17. The number of hydrogen-bond acceptors (Lipinski definition) is 4. The van der Waals surface area contributed by atoms with Gasteiger partial charge in [-0.25, -0.2) is 0 Å². The molecule has 0 aliphatic carbocycles. The molecule has 0 amide bonds. The molecule has 4 aromatic heterocycles. The summed E-state index contributed by atoms with van der Waals surface area (Å²) in [5.41, 5.74) is 0. The van der Waals surface area contributed by atoms with Crippen molar-refractivity contribution in [2.24, 2.45) is 0 Å². The topological polar surface area (TPSA) is 0 Å². The van der Waals surface area contributed by atoms with E-state index in [1.807, 2.05) is 45.3 Å². The fraction of sp³-hybridized carbons (Fsp3) is 0. The summed E-state index contributed by atoms with van der Waals surface area (Å²) in [4.78, 5) is 2.71. The van der Waals surface area contributed by atoms with Crippen LogP contribution in [0, 0.1) is 0 Å². The van der Waals surface area contributed by atoms with Gasteiger partial charge in [-0.3, -0.25) is 0 Å². The zero-order valence-electron chi connectivity index (χ0n) is 16.9. The molecule has 1 aliphatic heterocycles. The summed E-state index contributed by atoms with van der Waals surface area (Å²) in [6, 6.07) is 24.7. The lowest BCUT2D eigenvalue weighted by molar-refractivity contribution is 1.67. The summed E-state index contributed by atoms with van der Waals surface area (Å²) < 4.78 is 2.82. The Morgan fingerprint density at radius 2 is 1.06 bits per heavy atom. The van der Waals surface area contributed by atoms with E-state index >= 15 is 0 Å². The fourth-order valence-corrected chi connectivity index (χ4v) is 13.2. The molecule has 1 aliphatic rings. The molecule has 0 bridgehead atoms. The largest absolute Gasteiger partial charge is 0.144 e. The molecule has 0 saturated carbocycles. The van der Waals surface area contributed by atoms with Gasteiger partial charge in [0.05, 0.1) is 9.40 Å². The van der Waals surface area contributed by atoms with Crippen LogP contribution in [0.15, 0.2) is 88.3 Å². The van der Waals surface area contributed by atoms with Gasteiger partial charge in [0.2, 0.25) is 0 Å². The second-order valence-electron chi connectivity index (χ2n) is 7.87. The van der Waals surface area contributed by atoms with E-state index in [-0.39, 0.29) is 0 Å². The molecule has 0 unspecified atom stereocenters. The van der Waals surface area contributed by atoms with E-state index in [9.17, 15) is 0 Å². The molecule has 6 aromatic rings. The van der Waals surface area contributed by atoms with Crippen molar-refractivity contribution in [3.63, 3.8) is 0 Å². The van der Waals surface area contributed by atoms with Crippen molar-refractivity contribution in [1.29, 1.82) is 0 Å². The number of fused-ring (bicyclic) bond motifs is 6. The van der Waals surface area contributed by atoms with Crippen molar-refractivity contribution < 1.29 is 0 Å². The first kappa shape index (κ1) is 19.3. The van der Waals surface area contributed by atoms with Crippen LogP contribution in [0.2, 0.25) is 0 Å². The van der Waals surface area contributed by atoms with Crippen LogP contribution in [-0.2, 0) is 0 Å². The van der Waals surface area contributed by atoms with E-state index in [2.05, 4.69) is 88.3 Å². The van der Waals surface area contributed by atoms with E-state index in [0.29, 0.717) is 0 Å². The minimum absolute atomic E-state index is 1.35. The highest BCUT2D eigenvalue weighted by molar-refractivity contribution is 7.98. The van der Waals surface area contributed by atoms with Gasteiger partial charge in [-0.1, -0.05) is 48.8 Å². The maximum Gasteiger partial charge on any atom is 0.0527 e. The van der Waals surface area contributed by atoms with Crippen molar-refractivity contribution >= 4 is 94.6 Å². The van der Waals surface area contributed by atoms with Gasteiger partial charge in [0, 0.05) is 41.6 Å². The van der Waals surface area contributed by atoms with E-state index in [1.165, 1.54) is 56.3 Å².